The van der Waals surface area contributed by atoms with E-state index in [4.69, 9.17) is 0 Å². The summed E-state index contributed by atoms with van der Waals surface area (Å²) in [6, 6.07) is 62.5. The predicted octanol–water partition coefficient (Wildman–Crippen LogP) is 11.8. The van der Waals surface area contributed by atoms with Crippen LogP contribution in [0.4, 0.5) is 34.1 Å². The number of aromatic nitrogens is 2. The van der Waals surface area contributed by atoms with Crippen molar-refractivity contribution in [3.05, 3.63) is 182 Å². The average Bonchev–Trinajstić information content (AvgIpc) is 4.01. The van der Waals surface area contributed by atoms with Gasteiger partial charge in [-0.05, 0) is 72.8 Å². The van der Waals surface area contributed by atoms with Crippen LogP contribution in [-0.4, -0.2) is 39.4 Å². The Bertz CT molecular complexity index is 3050. The molecule has 0 bridgehead atoms. The number of benzene rings is 8. The number of phenolic OH excluding ortho intramolecular Hbond substituents is 2. The van der Waals surface area contributed by atoms with Crippen molar-refractivity contribution in [2.75, 3.05) is 39.6 Å². The third kappa shape index (κ3) is 5.02. The van der Waals surface area contributed by atoms with Gasteiger partial charge in [-0.25, -0.2) is 0 Å². The minimum atomic E-state index is 0.228. The standard InChI is InChI=1S/C51H38N6O2/c58-50-29-46-38(36-19-7-9-21-40(36)56(46)34-15-3-1-4-16-34)27-48(50)54-32-52(42-23-11-13-25-44(42)54)31-53-33-55(45-26-14-12-24-43(45)53)49-28-39-37-20-8-10-22-41(37)57(47(39)30-51(49)59)35-17-5-2-6-18-35/h1-30,58-59H,31-33H2. The molecular weight excluding hydrogens is 729 g/mol. The Morgan fingerprint density at radius 1 is 0.339 bits per heavy atom. The molecule has 12 rings (SSSR count). The van der Waals surface area contributed by atoms with E-state index >= 15 is 0 Å². The highest BCUT2D eigenvalue weighted by atomic mass is 16.3. The zero-order chi connectivity index (χ0) is 39.2. The lowest BCUT2D eigenvalue weighted by Gasteiger charge is -2.29. The van der Waals surface area contributed by atoms with E-state index in [0.29, 0.717) is 20.0 Å². The lowest BCUT2D eigenvalue weighted by molar-refractivity contribution is 0.476. The Morgan fingerprint density at radius 3 is 1.15 bits per heavy atom. The fourth-order valence-corrected chi connectivity index (χ4v) is 9.55. The molecule has 2 N–H and O–H groups in total. The summed E-state index contributed by atoms with van der Waals surface area (Å²) in [5.41, 5.74) is 12.0. The fourth-order valence-electron chi connectivity index (χ4n) is 9.55. The van der Waals surface area contributed by atoms with Crippen molar-refractivity contribution in [1.29, 1.82) is 0 Å². The summed E-state index contributed by atoms with van der Waals surface area (Å²) < 4.78 is 4.46. The predicted molar refractivity (Wildman–Crippen MR) is 242 cm³/mol. The van der Waals surface area contributed by atoms with Gasteiger partial charge in [0.05, 0.1) is 76.2 Å². The van der Waals surface area contributed by atoms with Crippen LogP contribution in [0.5, 0.6) is 11.5 Å². The maximum absolute atomic E-state index is 11.9. The summed E-state index contributed by atoms with van der Waals surface area (Å²) in [6.07, 6.45) is 0. The highest BCUT2D eigenvalue weighted by Gasteiger charge is 2.34. The monoisotopic (exact) mass is 766 g/mol. The average molecular weight is 767 g/mol. The molecule has 0 amide bonds. The number of hydrogen-bond donors (Lipinski definition) is 2. The van der Waals surface area contributed by atoms with Gasteiger partial charge in [-0.2, -0.15) is 0 Å². The molecule has 0 radical (unpaired) electrons. The van der Waals surface area contributed by atoms with Gasteiger partial charge in [-0.1, -0.05) is 97.1 Å². The molecule has 0 spiro atoms. The molecule has 0 unspecified atom stereocenters. The van der Waals surface area contributed by atoms with E-state index < -0.39 is 0 Å². The Hall–Kier alpha value is -7.84. The molecular formula is C51H38N6O2. The van der Waals surface area contributed by atoms with E-state index in [0.717, 1.165) is 89.1 Å². The van der Waals surface area contributed by atoms with Gasteiger partial charge >= 0.3 is 0 Å². The number of aromatic hydroxyl groups is 2. The summed E-state index contributed by atoms with van der Waals surface area (Å²) in [5, 5.41) is 28.2. The van der Waals surface area contributed by atoms with E-state index in [1.54, 1.807) is 0 Å². The Labute approximate surface area is 340 Å². The van der Waals surface area contributed by atoms with Gasteiger partial charge in [0.1, 0.15) is 11.5 Å². The van der Waals surface area contributed by atoms with Crippen LogP contribution in [0.15, 0.2) is 182 Å². The molecule has 0 atom stereocenters. The van der Waals surface area contributed by atoms with Crippen molar-refractivity contribution in [1.82, 2.24) is 9.13 Å². The molecule has 2 aromatic heterocycles. The Kier molecular flexibility index (Phi) is 7.25. The minimum absolute atomic E-state index is 0.228. The maximum atomic E-state index is 11.9. The molecule has 284 valence electrons. The number of para-hydroxylation sites is 8. The van der Waals surface area contributed by atoms with Gasteiger partial charge < -0.3 is 38.9 Å². The topological polar surface area (TPSA) is 63.3 Å². The van der Waals surface area contributed by atoms with Crippen LogP contribution < -0.4 is 19.6 Å². The second-order valence-corrected chi connectivity index (χ2v) is 15.4. The lowest BCUT2D eigenvalue weighted by Crippen LogP contribution is -2.40. The van der Waals surface area contributed by atoms with Gasteiger partial charge in [0.2, 0.25) is 0 Å². The number of rotatable bonds is 6. The van der Waals surface area contributed by atoms with E-state index in [1.807, 2.05) is 48.5 Å². The SMILES string of the molecule is Oc1cc2c(cc1N1CN(CN3CN(c4cc5c6ccccc6n(-c6ccccc6)c5cc4O)c4ccccc43)c3ccccc31)c1ccccc1n2-c1ccccc1. The van der Waals surface area contributed by atoms with Crippen LogP contribution in [0.1, 0.15) is 0 Å². The number of anilines is 6. The van der Waals surface area contributed by atoms with E-state index in [-0.39, 0.29) is 11.5 Å². The van der Waals surface area contributed by atoms with Crippen molar-refractivity contribution in [3.63, 3.8) is 0 Å². The number of phenols is 2. The first-order valence-electron chi connectivity index (χ1n) is 20.0. The van der Waals surface area contributed by atoms with Crippen molar-refractivity contribution in [2.45, 2.75) is 0 Å². The second-order valence-electron chi connectivity index (χ2n) is 15.4. The molecule has 0 fully saturated rings. The first-order valence-corrected chi connectivity index (χ1v) is 20.0. The van der Waals surface area contributed by atoms with E-state index in [2.05, 4.69) is 162 Å². The smallest absolute Gasteiger partial charge is 0.141 e. The van der Waals surface area contributed by atoms with Crippen LogP contribution in [-0.2, 0) is 0 Å². The molecule has 4 heterocycles. The van der Waals surface area contributed by atoms with Crippen molar-refractivity contribution >= 4 is 77.7 Å². The minimum Gasteiger partial charge on any atom is -0.506 e. The summed E-state index contributed by atoms with van der Waals surface area (Å²) in [7, 11) is 0. The highest BCUT2D eigenvalue weighted by molar-refractivity contribution is 6.12. The van der Waals surface area contributed by atoms with Gasteiger partial charge in [0, 0.05) is 45.1 Å². The van der Waals surface area contributed by atoms with Crippen molar-refractivity contribution in [2.24, 2.45) is 0 Å². The maximum Gasteiger partial charge on any atom is 0.141 e. The summed E-state index contributed by atoms with van der Waals surface area (Å²) >= 11 is 0. The Morgan fingerprint density at radius 2 is 0.712 bits per heavy atom. The zero-order valence-corrected chi connectivity index (χ0v) is 32.0. The number of nitrogens with zero attached hydrogens (tertiary/aromatic N) is 6. The molecule has 10 aromatic rings. The highest BCUT2D eigenvalue weighted by Crippen LogP contribution is 2.49. The molecule has 0 saturated heterocycles. The van der Waals surface area contributed by atoms with Crippen molar-refractivity contribution < 1.29 is 10.2 Å². The third-order valence-electron chi connectivity index (χ3n) is 12.1. The van der Waals surface area contributed by atoms with E-state index in [1.165, 1.54) is 0 Å². The zero-order valence-electron chi connectivity index (χ0n) is 32.0. The van der Waals surface area contributed by atoms with Gasteiger partial charge in [-0.3, -0.25) is 0 Å². The largest absolute Gasteiger partial charge is 0.506 e. The van der Waals surface area contributed by atoms with E-state index in [9.17, 15) is 10.2 Å². The number of hydrogen-bond acceptors (Lipinski definition) is 6. The van der Waals surface area contributed by atoms with Crippen LogP contribution >= 0.6 is 0 Å². The molecule has 8 heteroatoms. The molecule has 8 aromatic carbocycles. The normalized spacial score (nSPS) is 13.7. The summed E-state index contributed by atoms with van der Waals surface area (Å²) in [4.78, 5) is 9.17. The van der Waals surface area contributed by atoms with Gasteiger partial charge in [0.25, 0.3) is 0 Å². The summed E-state index contributed by atoms with van der Waals surface area (Å²) in [6.45, 7) is 1.68. The molecule has 0 aliphatic carbocycles. The van der Waals surface area contributed by atoms with Crippen LogP contribution in [0.2, 0.25) is 0 Å². The molecule has 0 saturated carbocycles. The molecule has 59 heavy (non-hydrogen) atoms. The quantitative estimate of drug-likeness (QED) is 0.176. The van der Waals surface area contributed by atoms with Crippen LogP contribution in [0, 0.1) is 0 Å². The second kappa shape index (κ2) is 12.8. The van der Waals surface area contributed by atoms with Crippen molar-refractivity contribution in [3.8, 4) is 22.9 Å². The first kappa shape index (κ1) is 33.3. The number of fused-ring (bicyclic) bond motifs is 8. The third-order valence-corrected chi connectivity index (χ3v) is 12.1. The fraction of sp³-hybridized carbons (Fsp3) is 0.0588. The summed E-state index contributed by atoms with van der Waals surface area (Å²) in [5.74, 6) is 0.456. The lowest BCUT2D eigenvalue weighted by atomic mass is 10.1. The molecule has 2 aliphatic rings. The van der Waals surface area contributed by atoms with Crippen LogP contribution in [0.3, 0.4) is 0 Å². The molecule has 8 nitrogen and oxygen atoms in total. The Balaban J connectivity index is 0.912. The first-order chi connectivity index (χ1) is 29.1. The molecule has 2 aliphatic heterocycles. The van der Waals surface area contributed by atoms with Gasteiger partial charge in [-0.15, -0.1) is 0 Å². The van der Waals surface area contributed by atoms with Crippen LogP contribution in [0.25, 0.3) is 55.0 Å². The van der Waals surface area contributed by atoms with Gasteiger partial charge in [0.15, 0.2) is 0 Å².